The van der Waals surface area contributed by atoms with Crippen molar-refractivity contribution in [1.29, 1.82) is 0 Å². The fraction of sp³-hybridized carbons (Fsp3) is 0.208. The zero-order chi connectivity index (χ0) is 27.5. The van der Waals surface area contributed by atoms with E-state index in [9.17, 15) is 21.6 Å². The van der Waals surface area contributed by atoms with Crippen LogP contribution in [-0.4, -0.2) is 42.2 Å². The van der Waals surface area contributed by atoms with Gasteiger partial charge in [0.05, 0.1) is 34.7 Å². The van der Waals surface area contributed by atoms with Gasteiger partial charge in [-0.15, -0.1) is 0 Å². The van der Waals surface area contributed by atoms with E-state index in [0.29, 0.717) is 22.0 Å². The van der Waals surface area contributed by atoms with Crippen molar-refractivity contribution >= 4 is 66.2 Å². The molecule has 0 saturated heterocycles. The Bertz CT molecular complexity index is 1530. The van der Waals surface area contributed by atoms with Crippen molar-refractivity contribution in [1.82, 2.24) is 0 Å². The number of carbonyl (C=O) groups is 1. The van der Waals surface area contributed by atoms with Crippen molar-refractivity contribution in [2.75, 3.05) is 27.7 Å². The summed E-state index contributed by atoms with van der Waals surface area (Å²) in [6.45, 7) is 3.12. The van der Waals surface area contributed by atoms with Crippen LogP contribution in [-0.2, 0) is 24.8 Å². The van der Waals surface area contributed by atoms with Crippen LogP contribution in [0.5, 0.6) is 5.75 Å². The summed E-state index contributed by atoms with van der Waals surface area (Å²) < 4.78 is 59.2. The maximum atomic E-state index is 13.0. The highest BCUT2D eigenvalue weighted by Gasteiger charge is 2.30. The number of hydrogen-bond acceptors (Lipinski definition) is 6. The number of anilines is 3. The quantitative estimate of drug-likeness (QED) is 0.368. The Kier molecular flexibility index (Phi) is 8.63. The number of hydrogen-bond donors (Lipinski definition) is 2. The zero-order valence-electron chi connectivity index (χ0n) is 20.3. The predicted molar refractivity (Wildman–Crippen MR) is 147 cm³/mol. The molecular formula is C24H25Cl2N3O6S2. The van der Waals surface area contributed by atoms with Crippen molar-refractivity contribution in [2.24, 2.45) is 0 Å². The molecule has 0 aromatic heterocycles. The van der Waals surface area contributed by atoms with Crippen LogP contribution in [0.15, 0.2) is 65.6 Å². The molecule has 3 aromatic rings. The molecule has 37 heavy (non-hydrogen) atoms. The van der Waals surface area contributed by atoms with Gasteiger partial charge < -0.3 is 10.1 Å². The Morgan fingerprint density at radius 2 is 1.62 bits per heavy atom. The van der Waals surface area contributed by atoms with E-state index in [2.05, 4.69) is 10.0 Å². The molecule has 0 radical (unpaired) electrons. The summed E-state index contributed by atoms with van der Waals surface area (Å²) >= 11 is 12.2. The molecule has 0 fully saturated rings. The lowest BCUT2D eigenvalue weighted by atomic mass is 10.2. The molecule has 3 rings (SSSR count). The van der Waals surface area contributed by atoms with E-state index in [1.54, 1.807) is 25.1 Å². The number of ether oxygens (including phenoxy) is 1. The number of nitrogens with zero attached hydrogens (tertiary/aromatic N) is 1. The third kappa shape index (κ3) is 6.67. The topological polar surface area (TPSA) is 122 Å². The number of nitrogens with one attached hydrogen (secondary N) is 2. The number of rotatable bonds is 9. The van der Waals surface area contributed by atoms with E-state index < -0.39 is 32.0 Å². The second-order valence-electron chi connectivity index (χ2n) is 8.09. The van der Waals surface area contributed by atoms with Gasteiger partial charge in [0, 0.05) is 10.7 Å². The minimum atomic E-state index is -3.92. The third-order valence-electron chi connectivity index (χ3n) is 5.42. The lowest BCUT2D eigenvalue weighted by Gasteiger charge is -2.28. The molecule has 0 aliphatic carbocycles. The van der Waals surface area contributed by atoms with Crippen LogP contribution in [0.1, 0.15) is 12.5 Å². The normalized spacial score (nSPS) is 12.5. The van der Waals surface area contributed by atoms with Crippen LogP contribution in [0.25, 0.3) is 0 Å². The van der Waals surface area contributed by atoms with E-state index in [4.69, 9.17) is 27.9 Å². The summed E-state index contributed by atoms with van der Waals surface area (Å²) in [7, 11) is -6.37. The zero-order valence-corrected chi connectivity index (χ0v) is 23.5. The molecule has 13 heteroatoms. The van der Waals surface area contributed by atoms with Crippen molar-refractivity contribution in [3.05, 3.63) is 76.3 Å². The van der Waals surface area contributed by atoms with Crippen LogP contribution >= 0.6 is 23.2 Å². The molecule has 2 N–H and O–H groups in total. The van der Waals surface area contributed by atoms with Crippen LogP contribution in [0.3, 0.4) is 0 Å². The van der Waals surface area contributed by atoms with Gasteiger partial charge in [-0.1, -0.05) is 29.3 Å². The standard InChI is InChI=1S/C24H25Cl2N3O6S2/c1-15-20(25)6-5-7-22(15)28-37(33,34)19-11-8-17(9-12-19)27-24(30)16(2)29(36(4,31)32)18-10-13-23(35-3)21(26)14-18/h5-14,16,28H,1-4H3,(H,27,30)/t16-/m1/s1. The molecule has 0 aliphatic rings. The summed E-state index contributed by atoms with van der Waals surface area (Å²) in [5.74, 6) is -0.285. The average Bonchev–Trinajstić information content (AvgIpc) is 2.81. The molecule has 0 spiro atoms. The van der Waals surface area contributed by atoms with E-state index in [1.807, 2.05) is 0 Å². The first-order chi connectivity index (χ1) is 17.2. The molecule has 0 bridgehead atoms. The van der Waals surface area contributed by atoms with Gasteiger partial charge in [0.1, 0.15) is 11.8 Å². The van der Waals surface area contributed by atoms with E-state index in [-0.39, 0.29) is 21.3 Å². The van der Waals surface area contributed by atoms with Crippen LogP contribution in [0, 0.1) is 6.92 Å². The number of halogens is 2. The molecule has 0 heterocycles. The first-order valence-corrected chi connectivity index (χ1v) is 14.8. The number of methoxy groups -OCH3 is 1. The lowest BCUT2D eigenvalue weighted by molar-refractivity contribution is -0.116. The van der Waals surface area contributed by atoms with E-state index >= 15 is 0 Å². The summed E-state index contributed by atoms with van der Waals surface area (Å²) in [6, 6.07) is 13.5. The summed E-state index contributed by atoms with van der Waals surface area (Å²) in [4.78, 5) is 12.9. The number of sulfonamides is 2. The first-order valence-electron chi connectivity index (χ1n) is 10.8. The van der Waals surface area contributed by atoms with E-state index in [1.165, 1.54) is 56.5 Å². The molecule has 3 aromatic carbocycles. The third-order valence-corrected chi connectivity index (χ3v) is 8.75. The maximum Gasteiger partial charge on any atom is 0.261 e. The maximum absolute atomic E-state index is 13.0. The molecule has 198 valence electrons. The van der Waals surface area contributed by atoms with Gasteiger partial charge in [-0.25, -0.2) is 16.8 Å². The number of amides is 1. The molecule has 1 atom stereocenters. The minimum absolute atomic E-state index is 0.0384. The van der Waals surface area contributed by atoms with Gasteiger partial charge in [0.25, 0.3) is 10.0 Å². The number of carbonyl (C=O) groups excluding carboxylic acids is 1. The van der Waals surface area contributed by atoms with Crippen molar-refractivity contribution in [2.45, 2.75) is 24.8 Å². The molecule has 0 unspecified atom stereocenters. The average molecular weight is 587 g/mol. The number of benzene rings is 3. The highest BCUT2D eigenvalue weighted by atomic mass is 35.5. The Balaban J connectivity index is 1.79. The van der Waals surface area contributed by atoms with Crippen LogP contribution in [0.4, 0.5) is 17.1 Å². The van der Waals surface area contributed by atoms with Gasteiger partial charge in [-0.2, -0.15) is 0 Å². The fourth-order valence-electron chi connectivity index (χ4n) is 3.49. The smallest absolute Gasteiger partial charge is 0.261 e. The highest BCUT2D eigenvalue weighted by Crippen LogP contribution is 2.31. The molecule has 9 nitrogen and oxygen atoms in total. The van der Waals surface area contributed by atoms with Gasteiger partial charge in [0.15, 0.2) is 0 Å². The van der Waals surface area contributed by atoms with Gasteiger partial charge in [-0.05, 0) is 74.0 Å². The molecular weight excluding hydrogens is 561 g/mol. The Labute approximate surface area is 226 Å². The SMILES string of the molecule is COc1ccc(N([C@H](C)C(=O)Nc2ccc(S(=O)(=O)Nc3cccc(Cl)c3C)cc2)S(C)(=O)=O)cc1Cl. The monoisotopic (exact) mass is 585 g/mol. The van der Waals surface area contributed by atoms with Gasteiger partial charge in [0.2, 0.25) is 15.9 Å². The van der Waals surface area contributed by atoms with Crippen molar-refractivity contribution in [3.63, 3.8) is 0 Å². The lowest BCUT2D eigenvalue weighted by Crippen LogP contribution is -2.45. The van der Waals surface area contributed by atoms with E-state index in [0.717, 1.165) is 10.6 Å². The predicted octanol–water partition coefficient (Wildman–Crippen LogP) is 4.90. The van der Waals surface area contributed by atoms with Crippen LogP contribution < -0.4 is 19.1 Å². The minimum Gasteiger partial charge on any atom is -0.495 e. The Morgan fingerprint density at radius 3 is 2.19 bits per heavy atom. The fourth-order valence-corrected chi connectivity index (χ4v) is 6.20. The highest BCUT2D eigenvalue weighted by molar-refractivity contribution is 7.92. The second kappa shape index (κ2) is 11.2. The summed E-state index contributed by atoms with van der Waals surface area (Å²) in [5.41, 5.74) is 1.38. The molecule has 0 saturated carbocycles. The molecule has 1 amide bonds. The summed E-state index contributed by atoms with van der Waals surface area (Å²) in [5, 5.41) is 3.21. The summed E-state index contributed by atoms with van der Waals surface area (Å²) in [6.07, 6.45) is 0.975. The van der Waals surface area contributed by atoms with Gasteiger partial charge in [-0.3, -0.25) is 13.8 Å². The first kappa shape index (κ1) is 28.6. The largest absolute Gasteiger partial charge is 0.495 e. The Hall–Kier alpha value is -2.99. The Morgan fingerprint density at radius 1 is 0.973 bits per heavy atom. The van der Waals surface area contributed by atoms with Crippen LogP contribution in [0.2, 0.25) is 10.0 Å². The van der Waals surface area contributed by atoms with Gasteiger partial charge >= 0.3 is 0 Å². The van der Waals surface area contributed by atoms with Crippen molar-refractivity contribution < 1.29 is 26.4 Å². The molecule has 0 aliphatic heterocycles. The van der Waals surface area contributed by atoms with Crippen molar-refractivity contribution in [3.8, 4) is 5.75 Å². The second-order valence-corrected chi connectivity index (χ2v) is 12.4.